The van der Waals surface area contributed by atoms with Crippen molar-refractivity contribution in [1.82, 2.24) is 4.57 Å². The van der Waals surface area contributed by atoms with Gasteiger partial charge in [0, 0.05) is 24.5 Å². The Hall–Kier alpha value is -0.760. The molecule has 0 aliphatic rings. The lowest BCUT2D eigenvalue weighted by atomic mass is 10.3. The zero-order chi connectivity index (χ0) is 8.97. The number of nitrogens with zero attached hydrogens (tertiary/aromatic N) is 1. The largest absolute Gasteiger partial charge is 0.396 e. The zero-order valence-electron chi connectivity index (χ0n) is 7.88. The summed E-state index contributed by atoms with van der Waals surface area (Å²) in [5.74, 6) is 0. The van der Waals surface area contributed by atoms with Crippen molar-refractivity contribution < 1.29 is 5.11 Å². The van der Waals surface area contributed by atoms with E-state index in [4.69, 9.17) is 5.11 Å². The first kappa shape index (κ1) is 9.33. The summed E-state index contributed by atoms with van der Waals surface area (Å²) in [4.78, 5) is 0. The maximum Gasteiger partial charge on any atom is 0.0431 e. The van der Waals surface area contributed by atoms with E-state index in [0.717, 1.165) is 19.4 Å². The predicted octanol–water partition coefficient (Wildman–Crippen LogP) is 1.88. The summed E-state index contributed by atoms with van der Waals surface area (Å²) < 4.78 is 2.29. The normalized spacial score (nSPS) is 10.6. The fourth-order valence-electron chi connectivity index (χ4n) is 1.43. The highest BCUT2D eigenvalue weighted by Crippen LogP contribution is 2.08. The SMILES string of the molecule is Cc1ccc(C)n1CCCCO. The van der Waals surface area contributed by atoms with Crippen LogP contribution >= 0.6 is 0 Å². The minimum absolute atomic E-state index is 0.305. The topological polar surface area (TPSA) is 25.2 Å². The van der Waals surface area contributed by atoms with E-state index in [0.29, 0.717) is 6.61 Å². The fraction of sp³-hybridized carbons (Fsp3) is 0.600. The van der Waals surface area contributed by atoms with Crippen LogP contribution in [0.3, 0.4) is 0 Å². The lowest BCUT2D eigenvalue weighted by Gasteiger charge is -2.07. The van der Waals surface area contributed by atoms with Crippen LogP contribution in [0.25, 0.3) is 0 Å². The smallest absolute Gasteiger partial charge is 0.0431 e. The molecule has 0 fully saturated rings. The standard InChI is InChI=1S/C10H17NO/c1-9-5-6-10(2)11(9)7-3-4-8-12/h5-6,12H,3-4,7-8H2,1-2H3. The highest BCUT2D eigenvalue weighted by Gasteiger charge is 1.98. The summed E-state index contributed by atoms with van der Waals surface area (Å²) in [5, 5.41) is 8.62. The van der Waals surface area contributed by atoms with Crippen molar-refractivity contribution in [3.63, 3.8) is 0 Å². The summed E-state index contributed by atoms with van der Waals surface area (Å²) in [6.45, 7) is 5.57. The van der Waals surface area contributed by atoms with Gasteiger partial charge < -0.3 is 9.67 Å². The first-order valence-corrected chi connectivity index (χ1v) is 4.49. The first-order chi connectivity index (χ1) is 5.75. The molecule has 2 nitrogen and oxygen atoms in total. The van der Waals surface area contributed by atoms with E-state index in [-0.39, 0.29) is 0 Å². The third-order valence-electron chi connectivity index (χ3n) is 2.21. The molecule has 1 rings (SSSR count). The van der Waals surface area contributed by atoms with Crippen LogP contribution in [-0.4, -0.2) is 16.3 Å². The molecule has 0 saturated carbocycles. The predicted molar refractivity (Wildman–Crippen MR) is 50.2 cm³/mol. The molecule has 1 aromatic rings. The average molecular weight is 167 g/mol. The van der Waals surface area contributed by atoms with Crippen molar-refractivity contribution in [3.05, 3.63) is 23.5 Å². The Balaban J connectivity index is 2.50. The highest BCUT2D eigenvalue weighted by molar-refractivity contribution is 5.13. The van der Waals surface area contributed by atoms with Gasteiger partial charge >= 0.3 is 0 Å². The average Bonchev–Trinajstić information content (AvgIpc) is 2.35. The lowest BCUT2D eigenvalue weighted by Crippen LogP contribution is -2.02. The molecule has 0 aromatic carbocycles. The van der Waals surface area contributed by atoms with Crippen molar-refractivity contribution in [2.75, 3.05) is 6.61 Å². The molecule has 0 saturated heterocycles. The van der Waals surface area contributed by atoms with Crippen LogP contribution in [0.15, 0.2) is 12.1 Å². The fourth-order valence-corrected chi connectivity index (χ4v) is 1.43. The number of aryl methyl sites for hydroxylation is 2. The maximum absolute atomic E-state index is 8.62. The third kappa shape index (κ3) is 2.11. The van der Waals surface area contributed by atoms with Gasteiger partial charge in [0.15, 0.2) is 0 Å². The Bertz CT molecular complexity index is 220. The van der Waals surface area contributed by atoms with Crippen LogP contribution in [0.5, 0.6) is 0 Å². The Morgan fingerprint density at radius 3 is 2.25 bits per heavy atom. The Labute approximate surface area is 73.8 Å². The highest BCUT2D eigenvalue weighted by atomic mass is 16.2. The molecule has 0 aliphatic heterocycles. The van der Waals surface area contributed by atoms with Gasteiger partial charge in [-0.05, 0) is 38.8 Å². The van der Waals surface area contributed by atoms with Gasteiger partial charge in [-0.25, -0.2) is 0 Å². The number of hydrogen-bond donors (Lipinski definition) is 1. The summed E-state index contributed by atoms with van der Waals surface area (Å²) in [6, 6.07) is 4.27. The molecular formula is C10H17NO. The van der Waals surface area contributed by atoms with Crippen LogP contribution in [0.2, 0.25) is 0 Å². The molecule has 1 heterocycles. The van der Waals surface area contributed by atoms with Gasteiger partial charge in [0.1, 0.15) is 0 Å². The summed E-state index contributed by atoms with van der Waals surface area (Å²) >= 11 is 0. The summed E-state index contributed by atoms with van der Waals surface area (Å²) in [7, 11) is 0. The number of aromatic nitrogens is 1. The van der Waals surface area contributed by atoms with E-state index in [1.54, 1.807) is 0 Å². The van der Waals surface area contributed by atoms with Gasteiger partial charge in [-0.2, -0.15) is 0 Å². The number of aliphatic hydroxyl groups excluding tert-OH is 1. The molecule has 0 amide bonds. The van der Waals surface area contributed by atoms with Gasteiger partial charge in [0.25, 0.3) is 0 Å². The van der Waals surface area contributed by atoms with Crippen LogP contribution in [0.4, 0.5) is 0 Å². The number of aliphatic hydroxyl groups is 1. The van der Waals surface area contributed by atoms with Gasteiger partial charge in [-0.3, -0.25) is 0 Å². The van der Waals surface area contributed by atoms with Crippen molar-refractivity contribution >= 4 is 0 Å². The van der Waals surface area contributed by atoms with Gasteiger partial charge in [-0.15, -0.1) is 0 Å². The van der Waals surface area contributed by atoms with Gasteiger partial charge in [-0.1, -0.05) is 0 Å². The van der Waals surface area contributed by atoms with Crippen molar-refractivity contribution in [2.24, 2.45) is 0 Å². The van der Waals surface area contributed by atoms with E-state index < -0.39 is 0 Å². The van der Waals surface area contributed by atoms with Crippen molar-refractivity contribution in [2.45, 2.75) is 33.2 Å². The van der Waals surface area contributed by atoms with Crippen molar-refractivity contribution in [3.8, 4) is 0 Å². The molecule has 0 bridgehead atoms. The molecule has 0 atom stereocenters. The van der Waals surface area contributed by atoms with Crippen LogP contribution in [-0.2, 0) is 6.54 Å². The molecule has 0 spiro atoms. The Kier molecular flexibility index (Phi) is 3.35. The number of hydrogen-bond acceptors (Lipinski definition) is 1. The molecular weight excluding hydrogens is 150 g/mol. The zero-order valence-corrected chi connectivity index (χ0v) is 7.88. The summed E-state index contributed by atoms with van der Waals surface area (Å²) in [6.07, 6.45) is 1.96. The molecule has 12 heavy (non-hydrogen) atoms. The van der Waals surface area contributed by atoms with E-state index in [2.05, 4.69) is 30.5 Å². The Morgan fingerprint density at radius 1 is 1.17 bits per heavy atom. The van der Waals surface area contributed by atoms with Gasteiger partial charge in [0.2, 0.25) is 0 Å². The number of unbranched alkanes of at least 4 members (excludes halogenated alkanes) is 1. The summed E-state index contributed by atoms with van der Waals surface area (Å²) in [5.41, 5.74) is 2.62. The first-order valence-electron chi connectivity index (χ1n) is 4.49. The van der Waals surface area contributed by atoms with Crippen LogP contribution in [0.1, 0.15) is 24.2 Å². The Morgan fingerprint density at radius 2 is 1.75 bits per heavy atom. The molecule has 1 N–H and O–H groups in total. The third-order valence-corrected chi connectivity index (χ3v) is 2.21. The van der Waals surface area contributed by atoms with Crippen molar-refractivity contribution in [1.29, 1.82) is 0 Å². The lowest BCUT2D eigenvalue weighted by molar-refractivity contribution is 0.281. The maximum atomic E-state index is 8.62. The van der Waals surface area contributed by atoms with Crippen LogP contribution < -0.4 is 0 Å². The minimum Gasteiger partial charge on any atom is -0.396 e. The van der Waals surface area contributed by atoms with Gasteiger partial charge in [0.05, 0.1) is 0 Å². The second kappa shape index (κ2) is 4.31. The molecule has 0 radical (unpaired) electrons. The molecule has 0 aliphatic carbocycles. The van der Waals surface area contributed by atoms with E-state index >= 15 is 0 Å². The monoisotopic (exact) mass is 167 g/mol. The van der Waals surface area contributed by atoms with E-state index in [9.17, 15) is 0 Å². The molecule has 1 aromatic heterocycles. The minimum atomic E-state index is 0.305. The van der Waals surface area contributed by atoms with E-state index in [1.165, 1.54) is 11.4 Å². The quantitative estimate of drug-likeness (QED) is 0.680. The molecule has 68 valence electrons. The van der Waals surface area contributed by atoms with Crippen LogP contribution in [0, 0.1) is 13.8 Å². The second-order valence-corrected chi connectivity index (χ2v) is 3.20. The van der Waals surface area contributed by atoms with E-state index in [1.807, 2.05) is 0 Å². The molecule has 0 unspecified atom stereocenters. The molecule has 2 heteroatoms. The number of rotatable bonds is 4. The second-order valence-electron chi connectivity index (χ2n) is 3.20.